The number of amides is 1. The molecule has 1 aromatic heterocycles. The van der Waals surface area contributed by atoms with Crippen LogP contribution in [0, 0.1) is 0 Å². The van der Waals surface area contributed by atoms with Gasteiger partial charge in [-0.2, -0.15) is 4.31 Å². The van der Waals surface area contributed by atoms with E-state index in [1.165, 1.54) is 21.3 Å². The number of carbonyl (C=O) groups excluding carboxylic acids is 1. The number of hydrogen-bond donors (Lipinski definition) is 1. The van der Waals surface area contributed by atoms with Crippen molar-refractivity contribution in [1.82, 2.24) is 9.79 Å². The summed E-state index contributed by atoms with van der Waals surface area (Å²) in [5, 5.41) is 1.99. The minimum atomic E-state index is -3.64. The predicted octanol–water partition coefficient (Wildman–Crippen LogP) is 2.18. The molecule has 0 bridgehead atoms. The van der Waals surface area contributed by atoms with E-state index in [9.17, 15) is 13.2 Å². The molecule has 6 nitrogen and oxygen atoms in total. The molecular weight excluding hydrogens is 348 g/mol. The standard InChI is InChI=1S/C16H18N2O4S2/c1-2-22-17-16(19)12-4-3-5-14(10-12)24(20,21)18-8-6-15-13(11-18)7-9-23-15/h3-5,7,9-10H,2,6,8,11H2,1H3,(H,17,19). The minimum absolute atomic E-state index is 0.116. The lowest BCUT2D eigenvalue weighted by Gasteiger charge is -2.26. The summed E-state index contributed by atoms with van der Waals surface area (Å²) in [4.78, 5) is 18.2. The molecule has 1 aliphatic heterocycles. The van der Waals surface area contributed by atoms with Gasteiger partial charge in [0.05, 0.1) is 11.5 Å². The number of hydroxylamine groups is 1. The van der Waals surface area contributed by atoms with Crippen molar-refractivity contribution in [3.05, 3.63) is 51.7 Å². The Balaban J connectivity index is 1.84. The van der Waals surface area contributed by atoms with Gasteiger partial charge in [-0.1, -0.05) is 6.07 Å². The number of sulfonamides is 1. The van der Waals surface area contributed by atoms with Crippen molar-refractivity contribution in [3.63, 3.8) is 0 Å². The van der Waals surface area contributed by atoms with Crippen LogP contribution in [0.4, 0.5) is 0 Å². The normalized spacial score (nSPS) is 15.0. The highest BCUT2D eigenvalue weighted by Crippen LogP contribution is 2.28. The van der Waals surface area contributed by atoms with Gasteiger partial charge in [-0.15, -0.1) is 11.3 Å². The molecule has 1 aliphatic rings. The van der Waals surface area contributed by atoms with Crippen LogP contribution in [0.25, 0.3) is 0 Å². The zero-order valence-corrected chi connectivity index (χ0v) is 14.8. The van der Waals surface area contributed by atoms with Gasteiger partial charge < -0.3 is 0 Å². The van der Waals surface area contributed by atoms with Crippen LogP contribution in [0.2, 0.25) is 0 Å². The number of rotatable bonds is 5. The molecule has 0 spiro atoms. The number of fused-ring (bicyclic) bond motifs is 1. The van der Waals surface area contributed by atoms with Crippen LogP contribution in [-0.4, -0.2) is 31.8 Å². The molecule has 2 heterocycles. The summed E-state index contributed by atoms with van der Waals surface area (Å²) >= 11 is 1.66. The number of carbonyl (C=O) groups is 1. The maximum atomic E-state index is 12.9. The Kier molecular flexibility index (Phi) is 5.00. The Morgan fingerprint density at radius 3 is 3.00 bits per heavy atom. The number of hydrogen-bond acceptors (Lipinski definition) is 5. The second-order valence-corrected chi connectivity index (χ2v) is 8.29. The number of thiophene rings is 1. The van der Waals surface area contributed by atoms with Crippen LogP contribution in [0.1, 0.15) is 27.7 Å². The van der Waals surface area contributed by atoms with Crippen molar-refractivity contribution >= 4 is 27.3 Å². The van der Waals surface area contributed by atoms with E-state index in [2.05, 4.69) is 5.48 Å². The van der Waals surface area contributed by atoms with Gasteiger partial charge in [0.1, 0.15) is 0 Å². The Morgan fingerprint density at radius 2 is 2.21 bits per heavy atom. The van der Waals surface area contributed by atoms with Gasteiger partial charge in [0.15, 0.2) is 0 Å². The number of nitrogens with zero attached hydrogens (tertiary/aromatic N) is 1. The largest absolute Gasteiger partial charge is 0.274 e. The van der Waals surface area contributed by atoms with Crippen LogP contribution in [0.5, 0.6) is 0 Å². The molecule has 2 aromatic rings. The molecule has 0 saturated heterocycles. The first-order valence-electron chi connectivity index (χ1n) is 7.60. The average Bonchev–Trinajstić information content (AvgIpc) is 3.07. The third-order valence-corrected chi connectivity index (χ3v) is 6.68. The third kappa shape index (κ3) is 3.36. The molecule has 0 fully saturated rings. The van der Waals surface area contributed by atoms with Gasteiger partial charge in [0.25, 0.3) is 5.91 Å². The van der Waals surface area contributed by atoms with E-state index >= 15 is 0 Å². The summed E-state index contributed by atoms with van der Waals surface area (Å²) in [7, 11) is -3.64. The first-order valence-corrected chi connectivity index (χ1v) is 9.92. The highest BCUT2D eigenvalue weighted by atomic mass is 32.2. The van der Waals surface area contributed by atoms with Gasteiger partial charge in [-0.25, -0.2) is 13.9 Å². The van der Waals surface area contributed by atoms with Crippen molar-refractivity contribution in [2.45, 2.75) is 24.8 Å². The number of benzene rings is 1. The zero-order valence-electron chi connectivity index (χ0n) is 13.2. The molecular formula is C16H18N2O4S2. The van der Waals surface area contributed by atoms with E-state index in [4.69, 9.17) is 4.84 Å². The van der Waals surface area contributed by atoms with Gasteiger partial charge in [-0.05, 0) is 48.6 Å². The van der Waals surface area contributed by atoms with Gasteiger partial charge in [0.2, 0.25) is 10.0 Å². The van der Waals surface area contributed by atoms with Crippen LogP contribution >= 0.6 is 11.3 Å². The summed E-state index contributed by atoms with van der Waals surface area (Å²) in [6.07, 6.45) is 0.719. The average molecular weight is 366 g/mol. The predicted molar refractivity (Wildman–Crippen MR) is 91.2 cm³/mol. The second-order valence-electron chi connectivity index (χ2n) is 5.35. The highest BCUT2D eigenvalue weighted by Gasteiger charge is 2.29. The van der Waals surface area contributed by atoms with E-state index in [-0.39, 0.29) is 10.5 Å². The number of nitrogens with one attached hydrogen (secondary N) is 1. The molecule has 0 unspecified atom stereocenters. The fourth-order valence-corrected chi connectivity index (χ4v) is 4.93. The summed E-state index contributed by atoms with van der Waals surface area (Å²) in [5.41, 5.74) is 3.57. The van der Waals surface area contributed by atoms with Gasteiger partial charge >= 0.3 is 0 Å². The van der Waals surface area contributed by atoms with Gasteiger partial charge in [-0.3, -0.25) is 9.63 Å². The third-order valence-electron chi connectivity index (χ3n) is 3.82. The van der Waals surface area contributed by atoms with Gasteiger partial charge in [0, 0.05) is 23.5 Å². The van der Waals surface area contributed by atoms with Crippen LogP contribution in [-0.2, 0) is 27.8 Å². The first-order chi connectivity index (χ1) is 11.5. The molecule has 8 heteroatoms. The topological polar surface area (TPSA) is 75.7 Å². The van der Waals surface area contributed by atoms with Crippen molar-refractivity contribution < 1.29 is 18.0 Å². The smallest absolute Gasteiger partial charge is 0.274 e. The molecule has 0 aliphatic carbocycles. The molecule has 0 atom stereocenters. The quantitative estimate of drug-likeness (QED) is 0.823. The Morgan fingerprint density at radius 1 is 1.38 bits per heavy atom. The lowest BCUT2D eigenvalue weighted by molar-refractivity contribution is 0.0364. The van der Waals surface area contributed by atoms with Crippen LogP contribution in [0.15, 0.2) is 40.6 Å². The maximum Gasteiger partial charge on any atom is 0.274 e. The molecule has 1 aromatic carbocycles. The van der Waals surface area contributed by atoms with Crippen molar-refractivity contribution in [2.75, 3.05) is 13.2 Å². The van der Waals surface area contributed by atoms with E-state index in [0.717, 1.165) is 12.0 Å². The molecule has 0 radical (unpaired) electrons. The minimum Gasteiger partial charge on any atom is -0.274 e. The summed E-state index contributed by atoms with van der Waals surface area (Å²) in [6.45, 7) is 2.90. The van der Waals surface area contributed by atoms with E-state index < -0.39 is 15.9 Å². The summed E-state index contributed by atoms with van der Waals surface area (Å²) < 4.78 is 27.2. The van der Waals surface area contributed by atoms with Crippen molar-refractivity contribution in [3.8, 4) is 0 Å². The SMILES string of the molecule is CCONC(=O)c1cccc(S(=O)(=O)N2CCc3sccc3C2)c1. The molecule has 128 valence electrons. The lowest BCUT2D eigenvalue weighted by Crippen LogP contribution is -2.35. The monoisotopic (exact) mass is 366 g/mol. The van der Waals surface area contributed by atoms with E-state index in [0.29, 0.717) is 19.7 Å². The molecule has 1 N–H and O–H groups in total. The summed E-state index contributed by atoms with van der Waals surface area (Å²) in [5.74, 6) is -0.465. The van der Waals surface area contributed by atoms with E-state index in [1.54, 1.807) is 30.4 Å². The Hall–Kier alpha value is -1.74. The maximum absolute atomic E-state index is 12.9. The van der Waals surface area contributed by atoms with E-state index in [1.807, 2.05) is 11.4 Å². The zero-order chi connectivity index (χ0) is 17.2. The molecule has 3 rings (SSSR count). The van der Waals surface area contributed by atoms with Crippen LogP contribution in [0.3, 0.4) is 0 Å². The first kappa shape index (κ1) is 17.1. The molecule has 1 amide bonds. The lowest BCUT2D eigenvalue weighted by atomic mass is 10.1. The fraction of sp³-hybridized carbons (Fsp3) is 0.312. The second kappa shape index (κ2) is 7.02. The Bertz CT molecular complexity index is 845. The molecule has 24 heavy (non-hydrogen) atoms. The van der Waals surface area contributed by atoms with Crippen molar-refractivity contribution in [1.29, 1.82) is 0 Å². The summed E-state index contributed by atoms with van der Waals surface area (Å²) in [6, 6.07) is 7.98. The Labute approximate surface area is 145 Å². The van der Waals surface area contributed by atoms with Crippen LogP contribution < -0.4 is 5.48 Å². The molecule has 0 saturated carbocycles. The van der Waals surface area contributed by atoms with Crippen molar-refractivity contribution in [2.24, 2.45) is 0 Å². The fourth-order valence-electron chi connectivity index (χ4n) is 2.57. The highest BCUT2D eigenvalue weighted by molar-refractivity contribution is 7.89.